The van der Waals surface area contributed by atoms with E-state index in [4.69, 9.17) is 4.74 Å². The Hall–Kier alpha value is -4.23. The van der Waals surface area contributed by atoms with Crippen LogP contribution in [-0.4, -0.2) is 33.6 Å². The third kappa shape index (κ3) is 6.25. The molecule has 0 fully saturated rings. The van der Waals surface area contributed by atoms with E-state index in [1.54, 1.807) is 6.33 Å². The molecular weight excluding hydrogens is 448 g/mol. The number of imidazole rings is 1. The SMILES string of the molecule is CCCn1cncc1-c1ccc2ncnc(Nc3ccc(OCc4ccccc4)cc3)c2c1.CNC. The van der Waals surface area contributed by atoms with Gasteiger partial charge in [0, 0.05) is 23.2 Å². The van der Waals surface area contributed by atoms with E-state index < -0.39 is 0 Å². The minimum absolute atomic E-state index is 0.543. The van der Waals surface area contributed by atoms with Gasteiger partial charge in [0.25, 0.3) is 0 Å². The zero-order valence-electron chi connectivity index (χ0n) is 21.0. The second-order valence-electron chi connectivity index (χ2n) is 8.35. The molecule has 7 heteroatoms. The molecule has 2 aromatic heterocycles. The molecule has 5 aromatic rings. The van der Waals surface area contributed by atoms with Crippen molar-refractivity contribution in [3.8, 4) is 17.0 Å². The van der Waals surface area contributed by atoms with Crippen LogP contribution in [0.4, 0.5) is 11.5 Å². The summed E-state index contributed by atoms with van der Waals surface area (Å²) in [5.74, 6) is 1.59. The van der Waals surface area contributed by atoms with E-state index in [1.807, 2.05) is 75.2 Å². The zero-order valence-corrected chi connectivity index (χ0v) is 21.0. The molecule has 184 valence electrons. The van der Waals surface area contributed by atoms with Gasteiger partial charge in [0.05, 0.1) is 23.7 Å². The molecule has 36 heavy (non-hydrogen) atoms. The van der Waals surface area contributed by atoms with Crippen LogP contribution in [-0.2, 0) is 13.2 Å². The number of nitrogens with one attached hydrogen (secondary N) is 2. The van der Waals surface area contributed by atoms with E-state index in [1.165, 1.54) is 0 Å². The average Bonchev–Trinajstić information content (AvgIpc) is 3.38. The quantitative estimate of drug-likeness (QED) is 0.281. The summed E-state index contributed by atoms with van der Waals surface area (Å²) >= 11 is 0. The molecule has 0 atom stereocenters. The maximum absolute atomic E-state index is 5.89. The lowest BCUT2D eigenvalue weighted by molar-refractivity contribution is 0.306. The summed E-state index contributed by atoms with van der Waals surface area (Å²) in [6.45, 7) is 3.64. The number of hydrogen-bond donors (Lipinski definition) is 2. The monoisotopic (exact) mass is 480 g/mol. The van der Waals surface area contributed by atoms with Gasteiger partial charge in [-0.15, -0.1) is 0 Å². The lowest BCUT2D eigenvalue weighted by atomic mass is 10.1. The third-order valence-electron chi connectivity index (χ3n) is 5.47. The molecule has 2 N–H and O–H groups in total. The van der Waals surface area contributed by atoms with Crippen molar-refractivity contribution in [2.24, 2.45) is 0 Å². The number of fused-ring (bicyclic) bond motifs is 1. The van der Waals surface area contributed by atoms with Crippen LogP contribution in [0.2, 0.25) is 0 Å². The summed E-state index contributed by atoms with van der Waals surface area (Å²) in [6.07, 6.45) is 6.42. The van der Waals surface area contributed by atoms with Gasteiger partial charge in [-0.3, -0.25) is 0 Å². The van der Waals surface area contributed by atoms with Crippen molar-refractivity contribution in [1.29, 1.82) is 0 Å². The summed E-state index contributed by atoms with van der Waals surface area (Å²) in [6, 6.07) is 24.3. The number of nitrogens with zero attached hydrogens (tertiary/aromatic N) is 4. The Morgan fingerprint density at radius 1 is 0.917 bits per heavy atom. The Labute approximate surface area is 212 Å². The largest absolute Gasteiger partial charge is 0.489 e. The van der Waals surface area contributed by atoms with Crippen molar-refractivity contribution in [3.63, 3.8) is 0 Å². The first-order valence-electron chi connectivity index (χ1n) is 12.1. The van der Waals surface area contributed by atoms with Crippen molar-refractivity contribution in [1.82, 2.24) is 24.8 Å². The van der Waals surface area contributed by atoms with Gasteiger partial charge >= 0.3 is 0 Å². The van der Waals surface area contributed by atoms with Crippen LogP contribution < -0.4 is 15.4 Å². The Bertz CT molecular complexity index is 1370. The van der Waals surface area contributed by atoms with Gasteiger partial charge in [-0.25, -0.2) is 15.0 Å². The van der Waals surface area contributed by atoms with Crippen LogP contribution in [0, 0.1) is 0 Å². The van der Waals surface area contributed by atoms with Gasteiger partial charge in [-0.2, -0.15) is 0 Å². The topological polar surface area (TPSA) is 76.9 Å². The summed E-state index contributed by atoms with van der Waals surface area (Å²) in [4.78, 5) is 13.3. The number of aryl methyl sites for hydroxylation is 1. The molecule has 7 nitrogen and oxygen atoms in total. The smallest absolute Gasteiger partial charge is 0.141 e. The molecule has 2 heterocycles. The van der Waals surface area contributed by atoms with Crippen LogP contribution in [0.15, 0.2) is 91.6 Å². The van der Waals surface area contributed by atoms with Crippen LogP contribution in [0.25, 0.3) is 22.2 Å². The molecule has 0 saturated heterocycles. The Morgan fingerprint density at radius 2 is 1.69 bits per heavy atom. The minimum atomic E-state index is 0.543. The number of rotatable bonds is 8. The van der Waals surface area contributed by atoms with Crippen LogP contribution in [0.3, 0.4) is 0 Å². The molecule has 3 aromatic carbocycles. The van der Waals surface area contributed by atoms with E-state index in [-0.39, 0.29) is 0 Å². The lowest BCUT2D eigenvalue weighted by Gasteiger charge is -2.12. The van der Waals surface area contributed by atoms with E-state index >= 15 is 0 Å². The predicted molar refractivity (Wildman–Crippen MR) is 147 cm³/mol. The summed E-state index contributed by atoms with van der Waals surface area (Å²) in [5.41, 5.74) is 5.15. The first-order valence-corrected chi connectivity index (χ1v) is 12.1. The Morgan fingerprint density at radius 3 is 2.44 bits per heavy atom. The molecule has 0 bridgehead atoms. The van der Waals surface area contributed by atoms with Gasteiger partial charge in [0.2, 0.25) is 0 Å². The molecule has 0 radical (unpaired) electrons. The Balaban J connectivity index is 0.000000967. The Kier molecular flexibility index (Phi) is 8.62. The van der Waals surface area contributed by atoms with E-state index in [9.17, 15) is 0 Å². The normalized spacial score (nSPS) is 10.5. The molecule has 5 rings (SSSR count). The second kappa shape index (κ2) is 12.5. The number of aromatic nitrogens is 4. The number of hydrogen-bond acceptors (Lipinski definition) is 6. The molecular formula is C29H32N6O. The lowest BCUT2D eigenvalue weighted by Crippen LogP contribution is -1.99. The van der Waals surface area contributed by atoms with Crippen LogP contribution in [0.5, 0.6) is 5.75 Å². The fraction of sp³-hybridized carbons (Fsp3) is 0.207. The molecule has 0 spiro atoms. The summed E-state index contributed by atoms with van der Waals surface area (Å²) < 4.78 is 8.07. The molecule has 0 saturated carbocycles. The van der Waals surface area contributed by atoms with Crippen molar-refractivity contribution >= 4 is 22.4 Å². The number of anilines is 2. The van der Waals surface area contributed by atoms with Crippen LogP contribution >= 0.6 is 0 Å². The highest BCUT2D eigenvalue weighted by molar-refractivity contribution is 5.93. The molecule has 0 unspecified atom stereocenters. The van der Waals surface area contributed by atoms with Gasteiger partial charge in [-0.05, 0) is 62.5 Å². The first kappa shape index (κ1) is 24.9. The highest BCUT2D eigenvalue weighted by Gasteiger charge is 2.10. The average molecular weight is 481 g/mol. The second-order valence-corrected chi connectivity index (χ2v) is 8.35. The van der Waals surface area contributed by atoms with Crippen molar-refractivity contribution in [3.05, 3.63) is 97.2 Å². The van der Waals surface area contributed by atoms with Crippen molar-refractivity contribution < 1.29 is 4.74 Å². The standard InChI is InChI=1S/C27H25N5O.C2H7N/c1-2-14-32-19-28-16-26(32)21-8-13-25-24(15-21)27(30-18-29-25)31-22-9-11-23(12-10-22)33-17-20-6-4-3-5-7-20;1-3-2/h3-13,15-16,18-19H,2,14,17H2,1H3,(H,29,30,31);3H,1-2H3. The van der Waals surface area contributed by atoms with Crippen LogP contribution in [0.1, 0.15) is 18.9 Å². The molecule has 0 aliphatic heterocycles. The van der Waals surface area contributed by atoms with Gasteiger partial charge in [0.1, 0.15) is 24.5 Å². The van der Waals surface area contributed by atoms with E-state index in [0.717, 1.165) is 57.9 Å². The predicted octanol–water partition coefficient (Wildman–Crippen LogP) is 6.06. The molecule has 0 aliphatic rings. The van der Waals surface area contributed by atoms with Crippen molar-refractivity contribution in [2.45, 2.75) is 26.5 Å². The highest BCUT2D eigenvalue weighted by atomic mass is 16.5. The zero-order chi connectivity index (χ0) is 25.2. The number of ether oxygens (including phenoxy) is 1. The minimum Gasteiger partial charge on any atom is -0.489 e. The summed E-state index contributed by atoms with van der Waals surface area (Å²) in [5, 5.41) is 7.14. The first-order chi connectivity index (χ1) is 17.7. The van der Waals surface area contributed by atoms with Gasteiger partial charge in [-0.1, -0.05) is 43.3 Å². The number of benzene rings is 3. The molecule has 0 aliphatic carbocycles. The third-order valence-corrected chi connectivity index (χ3v) is 5.47. The maximum Gasteiger partial charge on any atom is 0.141 e. The summed E-state index contributed by atoms with van der Waals surface area (Å²) in [7, 11) is 3.75. The maximum atomic E-state index is 5.89. The van der Waals surface area contributed by atoms with Gasteiger partial charge in [0.15, 0.2) is 0 Å². The van der Waals surface area contributed by atoms with Crippen molar-refractivity contribution in [2.75, 3.05) is 19.4 Å². The van der Waals surface area contributed by atoms with E-state index in [0.29, 0.717) is 6.61 Å². The fourth-order valence-electron chi connectivity index (χ4n) is 3.81. The van der Waals surface area contributed by atoms with E-state index in [2.05, 4.69) is 61.3 Å². The highest BCUT2D eigenvalue weighted by Crippen LogP contribution is 2.29. The van der Waals surface area contributed by atoms with Gasteiger partial charge < -0.3 is 19.9 Å². The fourth-order valence-corrected chi connectivity index (χ4v) is 3.81. The molecule has 0 amide bonds.